The summed E-state index contributed by atoms with van der Waals surface area (Å²) in [6.07, 6.45) is 17.6. The second-order valence-corrected chi connectivity index (χ2v) is 11.9. The third-order valence-electron chi connectivity index (χ3n) is 8.68. The summed E-state index contributed by atoms with van der Waals surface area (Å²) < 4.78 is 5.41. The number of imidazole rings is 1. The molecule has 182 valence electrons. The van der Waals surface area contributed by atoms with E-state index >= 15 is 0 Å². The first-order valence-corrected chi connectivity index (χ1v) is 14.8. The highest BCUT2D eigenvalue weighted by Crippen LogP contribution is 2.49. The van der Waals surface area contributed by atoms with E-state index in [1.165, 1.54) is 95.6 Å². The van der Waals surface area contributed by atoms with Crippen LogP contribution in [0.4, 0.5) is 0 Å². The molecule has 0 unspecified atom stereocenters. The van der Waals surface area contributed by atoms with Gasteiger partial charge in [-0.1, -0.05) is 87.1 Å². The number of fused-ring (bicyclic) bond motifs is 3. The molecule has 0 aliphatic heterocycles. The van der Waals surface area contributed by atoms with Crippen molar-refractivity contribution in [3.05, 3.63) is 84.2 Å². The molecule has 2 heterocycles. The molecule has 0 saturated heterocycles. The molecule has 2 aliphatic carbocycles. The normalized spacial score (nSPS) is 17.8. The Morgan fingerprint density at radius 2 is 1.42 bits per heavy atom. The van der Waals surface area contributed by atoms with E-state index in [4.69, 9.17) is 4.98 Å². The van der Waals surface area contributed by atoms with Crippen molar-refractivity contribution in [1.29, 1.82) is 0 Å². The molecular weight excluding hydrogens is 456 g/mol. The van der Waals surface area contributed by atoms with Crippen molar-refractivity contribution in [3.8, 4) is 17.1 Å². The van der Waals surface area contributed by atoms with E-state index in [1.807, 2.05) is 17.5 Å². The number of thiophene rings is 1. The van der Waals surface area contributed by atoms with Crippen LogP contribution in [-0.4, -0.2) is 9.55 Å². The lowest BCUT2D eigenvalue weighted by Gasteiger charge is -2.31. The van der Waals surface area contributed by atoms with Gasteiger partial charge < -0.3 is 0 Å². The monoisotopic (exact) mass is 490 g/mol. The quantitative estimate of drug-likeness (QED) is 0.245. The highest BCUT2D eigenvalue weighted by atomic mass is 32.1. The minimum Gasteiger partial charge on any atom is -0.299 e. The van der Waals surface area contributed by atoms with Crippen LogP contribution in [0.3, 0.4) is 0 Å². The zero-order chi connectivity index (χ0) is 23.9. The number of hydrogen-bond acceptors (Lipinski definition) is 2. The van der Waals surface area contributed by atoms with Gasteiger partial charge in [0, 0.05) is 38.1 Å². The Labute approximate surface area is 218 Å². The lowest BCUT2D eigenvalue weighted by molar-refractivity contribution is 0.435. The molecule has 3 heteroatoms. The SMILES string of the molecule is c1ccc(-c2nccn2-c2c(C3CCCCC3)cc3c(sc4ccccc43)c2C2CCCCC2)cc1. The second kappa shape index (κ2) is 9.52. The molecule has 2 nitrogen and oxygen atoms in total. The molecule has 0 amide bonds. The maximum atomic E-state index is 4.92. The second-order valence-electron chi connectivity index (χ2n) is 10.9. The molecule has 2 fully saturated rings. The Balaban J connectivity index is 1.57. The molecule has 0 N–H and O–H groups in total. The molecule has 0 atom stereocenters. The highest BCUT2D eigenvalue weighted by molar-refractivity contribution is 7.26. The lowest BCUT2D eigenvalue weighted by Crippen LogP contribution is -2.15. The maximum Gasteiger partial charge on any atom is 0.144 e. The summed E-state index contributed by atoms with van der Waals surface area (Å²) in [5.41, 5.74) is 5.85. The third-order valence-corrected chi connectivity index (χ3v) is 9.90. The van der Waals surface area contributed by atoms with Gasteiger partial charge in [0.2, 0.25) is 0 Å². The number of hydrogen-bond donors (Lipinski definition) is 0. The third kappa shape index (κ3) is 3.80. The Morgan fingerprint density at radius 3 is 2.19 bits per heavy atom. The molecule has 7 rings (SSSR count). The Bertz CT molecular complexity index is 1500. The molecule has 0 radical (unpaired) electrons. The first-order valence-electron chi connectivity index (χ1n) is 14.0. The van der Waals surface area contributed by atoms with E-state index in [2.05, 4.69) is 71.4 Å². The summed E-state index contributed by atoms with van der Waals surface area (Å²) >= 11 is 2.02. The van der Waals surface area contributed by atoms with Gasteiger partial charge >= 0.3 is 0 Å². The Kier molecular flexibility index (Phi) is 5.90. The van der Waals surface area contributed by atoms with Crippen molar-refractivity contribution in [1.82, 2.24) is 9.55 Å². The van der Waals surface area contributed by atoms with Gasteiger partial charge in [-0.05, 0) is 60.8 Å². The summed E-state index contributed by atoms with van der Waals surface area (Å²) in [7, 11) is 0. The van der Waals surface area contributed by atoms with Crippen molar-refractivity contribution < 1.29 is 0 Å². The Hall–Kier alpha value is -2.91. The molecule has 2 aromatic heterocycles. The predicted molar refractivity (Wildman–Crippen MR) is 154 cm³/mol. The van der Waals surface area contributed by atoms with Crippen molar-refractivity contribution in [2.45, 2.75) is 76.0 Å². The highest BCUT2D eigenvalue weighted by Gasteiger charge is 2.30. The van der Waals surface area contributed by atoms with Gasteiger partial charge in [0.1, 0.15) is 5.82 Å². The zero-order valence-electron chi connectivity index (χ0n) is 21.0. The van der Waals surface area contributed by atoms with E-state index in [0.717, 1.165) is 5.82 Å². The lowest BCUT2D eigenvalue weighted by atomic mass is 9.77. The van der Waals surface area contributed by atoms with E-state index < -0.39 is 0 Å². The predicted octanol–water partition coefficient (Wildman–Crippen LogP) is 10.0. The number of aromatic nitrogens is 2. The Morgan fingerprint density at radius 1 is 0.722 bits per heavy atom. The van der Waals surface area contributed by atoms with Crippen LogP contribution in [0, 0.1) is 0 Å². The topological polar surface area (TPSA) is 17.8 Å². The average molecular weight is 491 g/mol. The fraction of sp³-hybridized carbons (Fsp3) is 0.364. The summed E-state index contributed by atoms with van der Waals surface area (Å²) in [4.78, 5) is 4.92. The molecule has 0 bridgehead atoms. The minimum atomic E-state index is 0.624. The molecule has 5 aromatic rings. The van der Waals surface area contributed by atoms with Gasteiger partial charge in [0.05, 0.1) is 5.69 Å². The molecule has 2 aliphatic rings. The first kappa shape index (κ1) is 22.3. The van der Waals surface area contributed by atoms with Crippen LogP contribution in [-0.2, 0) is 0 Å². The van der Waals surface area contributed by atoms with Crippen molar-refractivity contribution in [3.63, 3.8) is 0 Å². The minimum absolute atomic E-state index is 0.624. The summed E-state index contributed by atoms with van der Waals surface area (Å²) in [6.45, 7) is 0. The zero-order valence-corrected chi connectivity index (χ0v) is 21.8. The van der Waals surface area contributed by atoms with Gasteiger partial charge in [0.15, 0.2) is 0 Å². The van der Waals surface area contributed by atoms with Gasteiger partial charge in [-0.2, -0.15) is 0 Å². The largest absolute Gasteiger partial charge is 0.299 e. The number of rotatable bonds is 4. The van der Waals surface area contributed by atoms with Crippen LogP contribution in [0.1, 0.15) is 87.2 Å². The van der Waals surface area contributed by atoms with Gasteiger partial charge in [-0.3, -0.25) is 4.57 Å². The van der Waals surface area contributed by atoms with Crippen molar-refractivity contribution in [2.24, 2.45) is 0 Å². The maximum absolute atomic E-state index is 4.92. The molecule has 36 heavy (non-hydrogen) atoms. The number of nitrogens with zero attached hydrogens (tertiary/aromatic N) is 2. The molecule has 0 spiro atoms. The fourth-order valence-electron chi connectivity index (χ4n) is 6.94. The van der Waals surface area contributed by atoms with Crippen LogP contribution in [0.5, 0.6) is 0 Å². The van der Waals surface area contributed by atoms with E-state index in [-0.39, 0.29) is 0 Å². The van der Waals surface area contributed by atoms with Crippen molar-refractivity contribution in [2.75, 3.05) is 0 Å². The van der Waals surface area contributed by atoms with E-state index in [0.29, 0.717) is 11.8 Å². The average Bonchev–Trinajstić information content (AvgIpc) is 3.58. The van der Waals surface area contributed by atoms with Crippen LogP contribution in [0.25, 0.3) is 37.2 Å². The van der Waals surface area contributed by atoms with Crippen molar-refractivity contribution >= 4 is 31.5 Å². The molecular formula is C33H34N2S. The summed E-state index contributed by atoms with van der Waals surface area (Å²) in [6, 6.07) is 22.4. The smallest absolute Gasteiger partial charge is 0.144 e. The first-order chi connectivity index (χ1) is 17.9. The summed E-state index contributed by atoms with van der Waals surface area (Å²) in [5.74, 6) is 2.33. The van der Waals surface area contributed by atoms with Crippen LogP contribution < -0.4 is 0 Å². The van der Waals surface area contributed by atoms with Gasteiger partial charge in [0.25, 0.3) is 0 Å². The van der Waals surface area contributed by atoms with Gasteiger partial charge in [-0.15, -0.1) is 11.3 Å². The van der Waals surface area contributed by atoms with Crippen LogP contribution >= 0.6 is 11.3 Å². The number of benzene rings is 3. The molecule has 3 aromatic carbocycles. The fourth-order valence-corrected chi connectivity index (χ4v) is 8.25. The van der Waals surface area contributed by atoms with E-state index in [1.54, 1.807) is 11.1 Å². The van der Waals surface area contributed by atoms with Gasteiger partial charge in [-0.25, -0.2) is 4.98 Å². The summed E-state index contributed by atoms with van der Waals surface area (Å²) in [5, 5.41) is 2.92. The van der Waals surface area contributed by atoms with Crippen LogP contribution in [0.2, 0.25) is 0 Å². The van der Waals surface area contributed by atoms with Crippen LogP contribution in [0.15, 0.2) is 73.1 Å². The molecule has 2 saturated carbocycles. The standard InChI is InChI=1S/C33H34N2S/c1-4-12-23(13-5-1)27-22-28-26-18-10-11-19-29(26)36-32(28)30(24-14-6-2-7-15-24)31(27)35-21-20-34-33(35)25-16-8-3-9-17-25/h3,8-11,16-24H,1-2,4-7,12-15H2. The van der Waals surface area contributed by atoms with E-state index in [9.17, 15) is 0 Å².